The van der Waals surface area contributed by atoms with E-state index in [1.54, 1.807) is 19.0 Å². The van der Waals surface area contributed by atoms with E-state index in [2.05, 4.69) is 41.2 Å². The minimum absolute atomic E-state index is 0.110. The Hall–Kier alpha value is -4.73. The highest BCUT2D eigenvalue weighted by atomic mass is 16.2. The van der Waals surface area contributed by atoms with Crippen LogP contribution in [0.1, 0.15) is 18.4 Å². The van der Waals surface area contributed by atoms with Crippen LogP contribution in [0.3, 0.4) is 0 Å². The van der Waals surface area contributed by atoms with Crippen molar-refractivity contribution in [1.29, 1.82) is 0 Å². The van der Waals surface area contributed by atoms with Crippen LogP contribution in [0.15, 0.2) is 60.9 Å². The summed E-state index contributed by atoms with van der Waals surface area (Å²) >= 11 is 0. The Bertz CT molecular complexity index is 1810. The molecular formula is C30H30N8O2. The number of pyridine rings is 1. The van der Waals surface area contributed by atoms with E-state index < -0.39 is 5.54 Å². The lowest BCUT2D eigenvalue weighted by atomic mass is 9.86. The van der Waals surface area contributed by atoms with Gasteiger partial charge in [-0.1, -0.05) is 30.3 Å². The molecule has 2 aliphatic rings. The standard InChI is InChI=1S/C30H30N8O2/c1-19-7-5-9-22-26(21-8-6-10-24-23(21)18-34(2)32-24)33-38(27(19)22)20-11-12-25(31-17-20)37-15-13-30(14-16-37)28(39)35(3)29(40)36(30)4/h5-12,17-18H,13-16H2,1-4H3. The lowest BCUT2D eigenvalue weighted by Crippen LogP contribution is -2.55. The first-order valence-corrected chi connectivity index (χ1v) is 13.5. The molecule has 202 valence electrons. The maximum atomic E-state index is 12.9. The molecule has 2 saturated heterocycles. The van der Waals surface area contributed by atoms with Crippen LogP contribution in [0.2, 0.25) is 0 Å². The molecule has 5 heterocycles. The number of piperidine rings is 1. The van der Waals surface area contributed by atoms with Gasteiger partial charge in [0.2, 0.25) is 0 Å². The lowest BCUT2D eigenvalue weighted by Gasteiger charge is -2.41. The van der Waals surface area contributed by atoms with E-state index in [0.717, 1.165) is 50.1 Å². The van der Waals surface area contributed by atoms with E-state index in [-0.39, 0.29) is 11.9 Å². The van der Waals surface area contributed by atoms with Crippen molar-refractivity contribution in [2.45, 2.75) is 25.3 Å². The number of aromatic nitrogens is 5. The molecule has 40 heavy (non-hydrogen) atoms. The molecule has 5 aromatic rings. The Morgan fingerprint density at radius 2 is 1.65 bits per heavy atom. The predicted octanol–water partition coefficient (Wildman–Crippen LogP) is 4.15. The monoisotopic (exact) mass is 534 g/mol. The van der Waals surface area contributed by atoms with Crippen molar-refractivity contribution >= 4 is 39.6 Å². The van der Waals surface area contributed by atoms with Crippen LogP contribution in [0.5, 0.6) is 0 Å². The fourth-order valence-electron chi connectivity index (χ4n) is 6.39. The van der Waals surface area contributed by atoms with Gasteiger partial charge in [-0.25, -0.2) is 14.5 Å². The first-order valence-electron chi connectivity index (χ1n) is 13.5. The molecule has 0 atom stereocenters. The second-order valence-corrected chi connectivity index (χ2v) is 10.9. The van der Waals surface area contributed by atoms with E-state index in [1.165, 1.54) is 4.90 Å². The number of fused-ring (bicyclic) bond motifs is 2. The molecule has 0 bridgehead atoms. The van der Waals surface area contributed by atoms with E-state index in [9.17, 15) is 9.59 Å². The summed E-state index contributed by atoms with van der Waals surface area (Å²) in [5.74, 6) is 0.738. The topological polar surface area (TPSA) is 92.4 Å². The summed E-state index contributed by atoms with van der Waals surface area (Å²) in [5, 5.41) is 11.8. The molecular weight excluding hydrogens is 504 g/mol. The Morgan fingerprint density at radius 3 is 2.35 bits per heavy atom. The Labute approximate surface area is 231 Å². The van der Waals surface area contributed by atoms with Gasteiger partial charge in [-0.3, -0.25) is 14.4 Å². The van der Waals surface area contributed by atoms with Gasteiger partial charge in [0.15, 0.2) is 0 Å². The number of hydrogen-bond acceptors (Lipinski definition) is 6. The van der Waals surface area contributed by atoms with E-state index in [1.807, 2.05) is 53.1 Å². The van der Waals surface area contributed by atoms with Crippen molar-refractivity contribution < 1.29 is 9.59 Å². The van der Waals surface area contributed by atoms with Gasteiger partial charge in [0.05, 0.1) is 22.9 Å². The number of likely N-dealkylation sites (N-methyl/N-ethyl adjacent to an activating group) is 2. The highest BCUT2D eigenvalue weighted by Gasteiger charge is 2.55. The average Bonchev–Trinajstić information content (AvgIpc) is 3.60. The number of benzene rings is 2. The fourth-order valence-corrected chi connectivity index (χ4v) is 6.39. The molecule has 2 aliphatic heterocycles. The van der Waals surface area contributed by atoms with Crippen molar-refractivity contribution in [2.24, 2.45) is 7.05 Å². The van der Waals surface area contributed by atoms with Gasteiger partial charge in [-0.2, -0.15) is 10.2 Å². The number of hydrogen-bond donors (Lipinski definition) is 0. The van der Waals surface area contributed by atoms with Crippen LogP contribution in [0.25, 0.3) is 38.8 Å². The minimum Gasteiger partial charge on any atom is -0.356 e. The third kappa shape index (κ3) is 3.38. The minimum atomic E-state index is -0.749. The fraction of sp³-hybridized carbons (Fsp3) is 0.300. The van der Waals surface area contributed by atoms with Crippen LogP contribution < -0.4 is 4.90 Å². The summed E-state index contributed by atoms with van der Waals surface area (Å²) in [6.07, 6.45) is 5.05. The first-order chi connectivity index (χ1) is 19.3. The Kier molecular flexibility index (Phi) is 5.25. The number of rotatable bonds is 3. The summed E-state index contributed by atoms with van der Waals surface area (Å²) in [6, 6.07) is 16.2. The number of carbonyl (C=O) groups excluding carboxylic acids is 2. The predicted molar refractivity (Wildman–Crippen MR) is 153 cm³/mol. The molecule has 2 fully saturated rings. The van der Waals surface area contributed by atoms with Crippen LogP contribution in [-0.4, -0.2) is 79.0 Å². The third-order valence-corrected chi connectivity index (χ3v) is 8.63. The van der Waals surface area contributed by atoms with Crippen molar-refractivity contribution in [1.82, 2.24) is 34.3 Å². The van der Waals surface area contributed by atoms with Gasteiger partial charge in [0, 0.05) is 56.8 Å². The molecule has 3 aromatic heterocycles. The van der Waals surface area contributed by atoms with E-state index in [0.29, 0.717) is 25.9 Å². The molecule has 0 aliphatic carbocycles. The normalized spacial score (nSPS) is 17.2. The van der Waals surface area contributed by atoms with Crippen LogP contribution in [-0.2, 0) is 11.8 Å². The second-order valence-electron chi connectivity index (χ2n) is 10.9. The number of imide groups is 1. The van der Waals surface area contributed by atoms with Crippen LogP contribution in [0, 0.1) is 6.92 Å². The summed E-state index contributed by atoms with van der Waals surface area (Å²) in [6.45, 7) is 3.39. The number of amides is 3. The maximum Gasteiger partial charge on any atom is 0.327 e. The summed E-state index contributed by atoms with van der Waals surface area (Å²) < 4.78 is 3.81. The highest BCUT2D eigenvalue weighted by molar-refractivity contribution is 6.07. The van der Waals surface area contributed by atoms with Gasteiger partial charge in [-0.05, 0) is 43.5 Å². The highest BCUT2D eigenvalue weighted by Crippen LogP contribution is 2.38. The molecule has 2 aromatic carbocycles. The molecule has 3 amide bonds. The maximum absolute atomic E-state index is 12.9. The molecule has 0 saturated carbocycles. The molecule has 0 N–H and O–H groups in total. The van der Waals surface area contributed by atoms with Crippen molar-refractivity contribution in [3.8, 4) is 16.9 Å². The molecule has 0 unspecified atom stereocenters. The van der Waals surface area contributed by atoms with Crippen LogP contribution in [0.4, 0.5) is 10.6 Å². The van der Waals surface area contributed by atoms with Crippen molar-refractivity contribution in [2.75, 3.05) is 32.1 Å². The lowest BCUT2D eigenvalue weighted by molar-refractivity contribution is -0.133. The van der Waals surface area contributed by atoms with Crippen molar-refractivity contribution in [3.63, 3.8) is 0 Å². The van der Waals surface area contributed by atoms with E-state index in [4.69, 9.17) is 10.1 Å². The summed E-state index contributed by atoms with van der Waals surface area (Å²) in [5.41, 5.74) is 5.19. The number of nitrogens with zero attached hydrogens (tertiary/aromatic N) is 8. The summed E-state index contributed by atoms with van der Waals surface area (Å²) in [4.78, 5) is 35.1. The Morgan fingerprint density at radius 1 is 0.875 bits per heavy atom. The zero-order valence-corrected chi connectivity index (χ0v) is 23.0. The smallest absolute Gasteiger partial charge is 0.327 e. The van der Waals surface area contributed by atoms with Crippen LogP contribution >= 0.6 is 0 Å². The van der Waals surface area contributed by atoms with E-state index >= 15 is 0 Å². The zero-order valence-electron chi connectivity index (χ0n) is 23.0. The van der Waals surface area contributed by atoms with Gasteiger partial charge >= 0.3 is 6.03 Å². The molecule has 7 rings (SSSR count). The number of urea groups is 1. The van der Waals surface area contributed by atoms with Crippen molar-refractivity contribution in [3.05, 3.63) is 66.5 Å². The number of carbonyl (C=O) groups is 2. The zero-order chi connectivity index (χ0) is 27.8. The third-order valence-electron chi connectivity index (χ3n) is 8.63. The molecule has 0 radical (unpaired) electrons. The largest absolute Gasteiger partial charge is 0.356 e. The molecule has 10 nitrogen and oxygen atoms in total. The Balaban J connectivity index is 1.22. The van der Waals surface area contributed by atoms with Gasteiger partial charge in [0.25, 0.3) is 5.91 Å². The first kappa shape index (κ1) is 24.3. The van der Waals surface area contributed by atoms with Gasteiger partial charge in [-0.15, -0.1) is 0 Å². The number of para-hydroxylation sites is 1. The quantitative estimate of drug-likeness (QED) is 0.323. The number of aryl methyl sites for hydroxylation is 2. The molecule has 1 spiro atoms. The van der Waals surface area contributed by atoms with Gasteiger partial charge < -0.3 is 9.80 Å². The SMILES string of the molecule is Cc1cccc2c(-c3cccc4nn(C)cc34)nn(-c3ccc(N4CCC5(CC4)C(=O)N(C)C(=O)N5C)nc3)c12. The van der Waals surface area contributed by atoms with Gasteiger partial charge in [0.1, 0.15) is 17.1 Å². The average molecular weight is 535 g/mol. The second kappa shape index (κ2) is 8.64. The molecule has 10 heteroatoms. The summed E-state index contributed by atoms with van der Waals surface area (Å²) in [7, 11) is 5.22. The number of anilines is 1.